The molecule has 5 nitrogen and oxygen atoms in total. The van der Waals surface area contributed by atoms with Crippen molar-refractivity contribution >= 4 is 11.8 Å². The summed E-state index contributed by atoms with van der Waals surface area (Å²) in [5, 5.41) is 0. The molecule has 0 unspecified atom stereocenters. The molecule has 28 heavy (non-hydrogen) atoms. The van der Waals surface area contributed by atoms with Gasteiger partial charge in [-0.1, -0.05) is 42.0 Å². The molecule has 2 amide bonds. The first kappa shape index (κ1) is 19.9. The Morgan fingerprint density at radius 2 is 1.64 bits per heavy atom. The van der Waals surface area contributed by atoms with Crippen molar-refractivity contribution in [3.05, 3.63) is 65.2 Å². The van der Waals surface area contributed by atoms with Crippen molar-refractivity contribution in [3.8, 4) is 5.75 Å². The summed E-state index contributed by atoms with van der Waals surface area (Å²) in [6.45, 7) is 4.29. The molecule has 148 valence electrons. The highest BCUT2D eigenvalue weighted by atomic mass is 16.5. The van der Waals surface area contributed by atoms with Crippen molar-refractivity contribution < 1.29 is 14.3 Å². The molecule has 0 spiro atoms. The molecule has 2 aromatic rings. The van der Waals surface area contributed by atoms with Crippen LogP contribution in [0.5, 0.6) is 5.75 Å². The van der Waals surface area contributed by atoms with E-state index in [1.165, 1.54) is 11.1 Å². The van der Waals surface area contributed by atoms with E-state index in [0.717, 1.165) is 17.7 Å². The van der Waals surface area contributed by atoms with Crippen LogP contribution in [0.25, 0.3) is 0 Å². The number of methoxy groups -OCH3 is 1. The number of rotatable bonds is 6. The third-order valence-corrected chi connectivity index (χ3v) is 5.22. The van der Waals surface area contributed by atoms with Gasteiger partial charge in [-0.3, -0.25) is 9.59 Å². The van der Waals surface area contributed by atoms with E-state index >= 15 is 0 Å². The van der Waals surface area contributed by atoms with Crippen LogP contribution in [0.4, 0.5) is 0 Å². The molecular formula is C23H28N2O3. The van der Waals surface area contributed by atoms with Crippen LogP contribution in [0.1, 0.15) is 29.5 Å². The average Bonchev–Trinajstić information content (AvgIpc) is 2.90. The molecule has 0 atom stereocenters. The van der Waals surface area contributed by atoms with Gasteiger partial charge in [0.25, 0.3) is 0 Å². The summed E-state index contributed by atoms with van der Waals surface area (Å²) in [5.74, 6) is 1.03. The van der Waals surface area contributed by atoms with Gasteiger partial charge in [0, 0.05) is 39.0 Å². The Kier molecular flexibility index (Phi) is 6.69. The quantitative estimate of drug-likeness (QED) is 0.773. The topological polar surface area (TPSA) is 49.9 Å². The Labute approximate surface area is 166 Å². The lowest BCUT2D eigenvalue weighted by molar-refractivity contribution is -0.131. The van der Waals surface area contributed by atoms with E-state index in [9.17, 15) is 9.59 Å². The molecular weight excluding hydrogens is 352 g/mol. The predicted molar refractivity (Wildman–Crippen MR) is 109 cm³/mol. The number of hydrogen-bond acceptors (Lipinski definition) is 3. The SMILES string of the molecule is COc1ccc(CN2CCN(C(=O)CCc3ccc(C)cc3)CCC2=O)cc1. The first-order valence-corrected chi connectivity index (χ1v) is 9.79. The van der Waals surface area contributed by atoms with Gasteiger partial charge in [-0.15, -0.1) is 0 Å². The summed E-state index contributed by atoms with van der Waals surface area (Å²) in [6, 6.07) is 16.0. The summed E-state index contributed by atoms with van der Waals surface area (Å²) in [4.78, 5) is 28.8. The minimum Gasteiger partial charge on any atom is -0.497 e. The fourth-order valence-electron chi connectivity index (χ4n) is 3.40. The Bertz CT molecular complexity index is 800. The zero-order valence-electron chi connectivity index (χ0n) is 16.7. The molecule has 1 aliphatic heterocycles. The van der Waals surface area contributed by atoms with E-state index in [-0.39, 0.29) is 11.8 Å². The summed E-state index contributed by atoms with van der Waals surface area (Å²) in [6.07, 6.45) is 1.60. The lowest BCUT2D eigenvalue weighted by atomic mass is 10.1. The maximum atomic E-state index is 12.6. The van der Waals surface area contributed by atoms with Crippen molar-refractivity contribution in [2.24, 2.45) is 0 Å². The third-order valence-electron chi connectivity index (χ3n) is 5.22. The van der Waals surface area contributed by atoms with Crippen LogP contribution in [0.2, 0.25) is 0 Å². The fraction of sp³-hybridized carbons (Fsp3) is 0.391. The molecule has 1 saturated heterocycles. The smallest absolute Gasteiger partial charge is 0.224 e. The van der Waals surface area contributed by atoms with Crippen molar-refractivity contribution in [1.29, 1.82) is 0 Å². The van der Waals surface area contributed by atoms with Crippen LogP contribution >= 0.6 is 0 Å². The van der Waals surface area contributed by atoms with Crippen molar-refractivity contribution in [2.45, 2.75) is 32.7 Å². The number of nitrogens with zero attached hydrogens (tertiary/aromatic N) is 2. The zero-order chi connectivity index (χ0) is 19.9. The average molecular weight is 380 g/mol. The number of carbonyl (C=O) groups excluding carboxylic acids is 2. The van der Waals surface area contributed by atoms with E-state index < -0.39 is 0 Å². The lowest BCUT2D eigenvalue weighted by Gasteiger charge is -2.22. The molecule has 1 aliphatic rings. The monoisotopic (exact) mass is 380 g/mol. The molecule has 3 rings (SSSR count). The van der Waals surface area contributed by atoms with E-state index in [1.807, 2.05) is 34.1 Å². The Morgan fingerprint density at radius 3 is 2.32 bits per heavy atom. The van der Waals surface area contributed by atoms with Gasteiger partial charge in [0.1, 0.15) is 5.75 Å². The van der Waals surface area contributed by atoms with Crippen molar-refractivity contribution in [2.75, 3.05) is 26.7 Å². The van der Waals surface area contributed by atoms with E-state index in [1.54, 1.807) is 7.11 Å². The Hall–Kier alpha value is -2.82. The van der Waals surface area contributed by atoms with Gasteiger partial charge in [0.15, 0.2) is 0 Å². The first-order chi connectivity index (χ1) is 13.5. The van der Waals surface area contributed by atoms with Gasteiger partial charge in [-0.05, 0) is 36.6 Å². The van der Waals surface area contributed by atoms with E-state index in [0.29, 0.717) is 39.0 Å². The molecule has 0 aromatic heterocycles. The van der Waals surface area contributed by atoms with Crippen LogP contribution in [0, 0.1) is 6.92 Å². The van der Waals surface area contributed by atoms with Crippen molar-refractivity contribution in [3.63, 3.8) is 0 Å². The molecule has 5 heteroatoms. The number of carbonyl (C=O) groups is 2. The second kappa shape index (κ2) is 9.40. The van der Waals surface area contributed by atoms with Crippen LogP contribution in [-0.2, 0) is 22.6 Å². The van der Waals surface area contributed by atoms with Crippen LogP contribution < -0.4 is 4.74 Å². The fourth-order valence-corrected chi connectivity index (χ4v) is 3.40. The van der Waals surface area contributed by atoms with E-state index in [4.69, 9.17) is 4.74 Å². The standard InChI is InChI=1S/C23H28N2O3/c1-18-3-5-19(6-4-18)9-12-22(26)24-14-13-23(27)25(16-15-24)17-20-7-10-21(28-2)11-8-20/h3-8,10-11H,9,12-17H2,1-2H3. The number of ether oxygens (including phenoxy) is 1. The zero-order valence-corrected chi connectivity index (χ0v) is 16.7. The molecule has 0 radical (unpaired) electrons. The van der Waals surface area contributed by atoms with Gasteiger partial charge in [0.2, 0.25) is 11.8 Å². The van der Waals surface area contributed by atoms with Gasteiger partial charge in [-0.2, -0.15) is 0 Å². The van der Waals surface area contributed by atoms with Crippen LogP contribution in [0.15, 0.2) is 48.5 Å². The minimum absolute atomic E-state index is 0.102. The number of hydrogen-bond donors (Lipinski definition) is 0. The summed E-state index contributed by atoms with van der Waals surface area (Å²) < 4.78 is 5.18. The molecule has 2 aromatic carbocycles. The van der Waals surface area contributed by atoms with Crippen molar-refractivity contribution in [1.82, 2.24) is 9.80 Å². The molecule has 0 saturated carbocycles. The Balaban J connectivity index is 1.52. The third kappa shape index (κ3) is 5.35. The van der Waals surface area contributed by atoms with Gasteiger partial charge < -0.3 is 14.5 Å². The molecule has 0 aliphatic carbocycles. The van der Waals surface area contributed by atoms with Gasteiger partial charge in [-0.25, -0.2) is 0 Å². The molecule has 1 heterocycles. The van der Waals surface area contributed by atoms with Crippen LogP contribution in [-0.4, -0.2) is 48.4 Å². The lowest BCUT2D eigenvalue weighted by Crippen LogP contribution is -2.35. The van der Waals surface area contributed by atoms with Crippen LogP contribution in [0.3, 0.4) is 0 Å². The number of amides is 2. The normalized spacial score (nSPS) is 14.7. The molecule has 0 bridgehead atoms. The summed E-state index contributed by atoms with van der Waals surface area (Å²) >= 11 is 0. The Morgan fingerprint density at radius 1 is 0.964 bits per heavy atom. The maximum Gasteiger partial charge on any atom is 0.224 e. The van der Waals surface area contributed by atoms with E-state index in [2.05, 4.69) is 31.2 Å². The number of aryl methyl sites for hydroxylation is 2. The highest BCUT2D eigenvalue weighted by molar-refractivity contribution is 5.80. The highest BCUT2D eigenvalue weighted by Crippen LogP contribution is 2.15. The van der Waals surface area contributed by atoms with Gasteiger partial charge in [0.05, 0.1) is 7.11 Å². The molecule has 1 fully saturated rings. The summed E-state index contributed by atoms with van der Waals surface area (Å²) in [7, 11) is 1.64. The second-order valence-electron chi connectivity index (χ2n) is 7.28. The van der Waals surface area contributed by atoms with Gasteiger partial charge >= 0.3 is 0 Å². The first-order valence-electron chi connectivity index (χ1n) is 9.79. The largest absolute Gasteiger partial charge is 0.497 e. The summed E-state index contributed by atoms with van der Waals surface area (Å²) in [5.41, 5.74) is 3.46. The second-order valence-corrected chi connectivity index (χ2v) is 7.28. The molecule has 0 N–H and O–H groups in total. The highest BCUT2D eigenvalue weighted by Gasteiger charge is 2.23. The predicted octanol–water partition coefficient (Wildman–Crippen LogP) is 3.20. The number of benzene rings is 2. The minimum atomic E-state index is 0.102. The maximum absolute atomic E-state index is 12.6.